The molecule has 1 aliphatic rings. The molecule has 196 valence electrons. The summed E-state index contributed by atoms with van der Waals surface area (Å²) >= 11 is 5.60. The molecule has 11 heteroatoms. The molecule has 3 heterocycles. The summed E-state index contributed by atoms with van der Waals surface area (Å²) in [4.78, 5) is 42.3. The Kier molecular flexibility index (Phi) is 7.06. The first-order valence-electron chi connectivity index (χ1n) is 11.8. The Morgan fingerprint density at radius 2 is 1.64 bits per heavy atom. The molecular weight excluding hydrogens is 520 g/mol. The Morgan fingerprint density at radius 1 is 0.949 bits per heavy atom. The van der Waals surface area contributed by atoms with Crippen LogP contribution in [0.5, 0.6) is 0 Å². The van der Waals surface area contributed by atoms with Crippen molar-refractivity contribution in [2.75, 3.05) is 11.9 Å². The van der Waals surface area contributed by atoms with E-state index in [1.54, 1.807) is 41.4 Å². The second kappa shape index (κ2) is 10.8. The summed E-state index contributed by atoms with van der Waals surface area (Å²) < 4.78 is 6.17. The first-order valence-corrected chi connectivity index (χ1v) is 12.3. The van der Waals surface area contributed by atoms with Crippen LogP contribution in [0.25, 0.3) is 11.3 Å². The number of nitrogens with zero attached hydrogens (tertiary/aromatic N) is 2. The number of amides is 1. The fraction of sp³-hybridized carbons (Fsp3) is 0.107. The van der Waals surface area contributed by atoms with Gasteiger partial charge in [0.05, 0.1) is 22.9 Å². The monoisotopic (exact) mass is 542 g/mol. The van der Waals surface area contributed by atoms with Crippen LogP contribution >= 0.6 is 12.2 Å². The van der Waals surface area contributed by atoms with Crippen molar-refractivity contribution in [3.05, 3.63) is 108 Å². The molecule has 2 aromatic carbocycles. The van der Waals surface area contributed by atoms with E-state index in [0.29, 0.717) is 22.3 Å². The number of carboxylic acid groups (broad SMARTS) is 2. The van der Waals surface area contributed by atoms with Crippen LogP contribution in [-0.4, -0.2) is 49.6 Å². The van der Waals surface area contributed by atoms with Crippen LogP contribution in [0.1, 0.15) is 44.3 Å². The minimum atomic E-state index is -1.26. The molecule has 1 fully saturated rings. The van der Waals surface area contributed by atoms with Gasteiger partial charge >= 0.3 is 11.9 Å². The van der Waals surface area contributed by atoms with Gasteiger partial charge in [-0.2, -0.15) is 0 Å². The molecule has 0 saturated carbocycles. The second-order valence-electron chi connectivity index (χ2n) is 8.78. The molecule has 2 aromatic heterocycles. The average molecular weight is 543 g/mol. The van der Waals surface area contributed by atoms with Crippen molar-refractivity contribution < 1.29 is 29.0 Å². The fourth-order valence-corrected chi connectivity index (χ4v) is 4.75. The van der Waals surface area contributed by atoms with Crippen LogP contribution in [0.15, 0.2) is 89.5 Å². The predicted molar refractivity (Wildman–Crippen MR) is 145 cm³/mol. The van der Waals surface area contributed by atoms with Gasteiger partial charge in [0.25, 0.3) is 0 Å². The quantitative estimate of drug-likeness (QED) is 0.237. The molecule has 5 rings (SSSR count). The summed E-state index contributed by atoms with van der Waals surface area (Å²) in [6.07, 6.45) is 1.65. The largest absolute Gasteiger partial charge is 0.478 e. The second-order valence-corrected chi connectivity index (χ2v) is 9.17. The molecule has 1 aliphatic heterocycles. The molecule has 0 radical (unpaired) electrons. The zero-order chi connectivity index (χ0) is 27.5. The van der Waals surface area contributed by atoms with Crippen LogP contribution < -0.4 is 10.6 Å². The number of benzene rings is 2. The summed E-state index contributed by atoms with van der Waals surface area (Å²) in [6, 6.07) is 20.6. The Hall–Kier alpha value is -5.03. The van der Waals surface area contributed by atoms with E-state index in [-0.39, 0.29) is 34.9 Å². The minimum Gasteiger partial charge on any atom is -0.478 e. The highest BCUT2D eigenvalue weighted by molar-refractivity contribution is 7.80. The minimum absolute atomic E-state index is 0.0809. The number of aromatic carboxylic acids is 2. The predicted octanol–water partition coefficient (Wildman–Crippen LogP) is 4.35. The molecule has 2 atom stereocenters. The molecule has 39 heavy (non-hydrogen) atoms. The Labute approximate surface area is 227 Å². The van der Waals surface area contributed by atoms with Gasteiger partial charge < -0.3 is 30.2 Å². The van der Waals surface area contributed by atoms with Gasteiger partial charge in [-0.25, -0.2) is 9.59 Å². The SMILES string of the molecule is O=C(CN1C(=S)N[C@H](c2ccccn2)[C@H]1c1ccc(-c2cc(C(=O)O)cc(C(=O)O)c2)o1)Nc1ccccc1. The van der Waals surface area contributed by atoms with E-state index in [4.69, 9.17) is 16.6 Å². The number of hydrogen-bond donors (Lipinski definition) is 4. The van der Waals surface area contributed by atoms with E-state index in [1.807, 2.05) is 30.3 Å². The van der Waals surface area contributed by atoms with Crippen LogP contribution in [0, 0.1) is 0 Å². The third-order valence-corrected chi connectivity index (χ3v) is 6.55. The summed E-state index contributed by atoms with van der Waals surface area (Å²) in [5.74, 6) is -2.12. The van der Waals surface area contributed by atoms with E-state index in [1.165, 1.54) is 12.1 Å². The van der Waals surface area contributed by atoms with E-state index in [2.05, 4.69) is 15.6 Å². The van der Waals surface area contributed by atoms with Gasteiger partial charge in [0.2, 0.25) is 5.91 Å². The maximum absolute atomic E-state index is 13.0. The van der Waals surface area contributed by atoms with Gasteiger partial charge in [-0.15, -0.1) is 0 Å². The first-order chi connectivity index (χ1) is 18.8. The maximum Gasteiger partial charge on any atom is 0.335 e. The van der Waals surface area contributed by atoms with E-state index < -0.39 is 24.0 Å². The van der Waals surface area contributed by atoms with E-state index in [0.717, 1.165) is 6.07 Å². The van der Waals surface area contributed by atoms with Gasteiger partial charge in [0, 0.05) is 17.4 Å². The number of carbonyl (C=O) groups is 3. The van der Waals surface area contributed by atoms with Crippen LogP contribution in [0.2, 0.25) is 0 Å². The topological polar surface area (TPSA) is 145 Å². The number of carbonyl (C=O) groups excluding carboxylic acids is 1. The number of para-hydroxylation sites is 1. The van der Waals surface area contributed by atoms with E-state index in [9.17, 15) is 24.6 Å². The highest BCUT2D eigenvalue weighted by Gasteiger charge is 2.42. The summed E-state index contributed by atoms with van der Waals surface area (Å²) in [6.45, 7) is -0.0809. The lowest BCUT2D eigenvalue weighted by Gasteiger charge is -2.25. The molecule has 0 unspecified atom stereocenters. The van der Waals surface area contributed by atoms with Gasteiger partial charge in [-0.1, -0.05) is 24.3 Å². The molecule has 0 aliphatic carbocycles. The van der Waals surface area contributed by atoms with Crippen molar-refractivity contribution >= 4 is 40.9 Å². The van der Waals surface area contributed by atoms with Crippen molar-refractivity contribution in [2.24, 2.45) is 0 Å². The molecular formula is C28H22N4O6S. The highest BCUT2D eigenvalue weighted by atomic mass is 32.1. The number of pyridine rings is 1. The number of aromatic nitrogens is 1. The number of carboxylic acids is 2. The van der Waals surface area contributed by atoms with Crippen molar-refractivity contribution in [1.29, 1.82) is 0 Å². The van der Waals surface area contributed by atoms with Crippen LogP contribution in [0.3, 0.4) is 0 Å². The first kappa shape index (κ1) is 25.6. The summed E-state index contributed by atoms with van der Waals surface area (Å²) in [5.41, 5.74) is 1.24. The molecule has 10 nitrogen and oxygen atoms in total. The average Bonchev–Trinajstić information content (AvgIpc) is 3.54. The number of rotatable bonds is 8. The summed E-state index contributed by atoms with van der Waals surface area (Å²) in [7, 11) is 0. The fourth-order valence-electron chi connectivity index (χ4n) is 4.45. The Bertz CT molecular complexity index is 1520. The number of nitrogens with one attached hydrogen (secondary N) is 2. The van der Waals surface area contributed by atoms with Gasteiger partial charge in [-0.3, -0.25) is 9.78 Å². The zero-order valence-corrected chi connectivity index (χ0v) is 21.1. The maximum atomic E-state index is 13.0. The van der Waals surface area contributed by atoms with Gasteiger partial charge in [0.1, 0.15) is 24.1 Å². The van der Waals surface area contributed by atoms with Crippen LogP contribution in [-0.2, 0) is 4.79 Å². The number of hydrogen-bond acceptors (Lipinski definition) is 6. The third-order valence-electron chi connectivity index (χ3n) is 6.20. The van der Waals surface area contributed by atoms with Crippen molar-refractivity contribution in [1.82, 2.24) is 15.2 Å². The number of anilines is 1. The smallest absolute Gasteiger partial charge is 0.335 e. The third kappa shape index (κ3) is 5.48. The normalized spacial score (nSPS) is 16.5. The van der Waals surface area contributed by atoms with Gasteiger partial charge in [0.15, 0.2) is 5.11 Å². The number of furan rings is 1. The van der Waals surface area contributed by atoms with Crippen molar-refractivity contribution in [2.45, 2.75) is 12.1 Å². The molecule has 4 N–H and O–H groups in total. The molecule has 1 saturated heterocycles. The Balaban J connectivity index is 1.50. The van der Waals surface area contributed by atoms with E-state index >= 15 is 0 Å². The standard InChI is InChI=1S/C28H22N4O6S/c33-23(30-19-6-2-1-3-7-19)15-32-25(24(31-28(32)39)20-8-4-5-11-29-20)22-10-9-21(38-22)16-12-17(26(34)35)14-18(13-16)27(36)37/h1-14,24-25H,15H2,(H,30,33)(H,31,39)(H,34,35)(H,36,37)/t24-,25-/m1/s1. The lowest BCUT2D eigenvalue weighted by Crippen LogP contribution is -2.36. The lowest BCUT2D eigenvalue weighted by molar-refractivity contribution is -0.116. The molecule has 1 amide bonds. The van der Waals surface area contributed by atoms with Crippen molar-refractivity contribution in [3.63, 3.8) is 0 Å². The molecule has 0 spiro atoms. The molecule has 0 bridgehead atoms. The Morgan fingerprint density at radius 3 is 2.28 bits per heavy atom. The van der Waals surface area contributed by atoms with Crippen molar-refractivity contribution in [3.8, 4) is 11.3 Å². The zero-order valence-electron chi connectivity index (χ0n) is 20.3. The lowest BCUT2D eigenvalue weighted by atomic mass is 10.0. The summed E-state index contributed by atoms with van der Waals surface area (Å²) in [5, 5.41) is 25.3. The van der Waals surface area contributed by atoms with Crippen LogP contribution in [0.4, 0.5) is 5.69 Å². The highest BCUT2D eigenvalue weighted by Crippen LogP contribution is 2.40. The molecule has 4 aromatic rings. The number of thiocarbonyl (C=S) groups is 1. The van der Waals surface area contributed by atoms with Gasteiger partial charge in [-0.05, 0) is 66.8 Å².